The van der Waals surface area contributed by atoms with Crippen molar-refractivity contribution in [2.24, 2.45) is 7.05 Å². The third kappa shape index (κ3) is 2.94. The maximum Gasteiger partial charge on any atom is 0.133 e. The Morgan fingerprint density at radius 1 is 1.11 bits per heavy atom. The molecule has 1 fully saturated rings. The zero-order valence-corrected chi connectivity index (χ0v) is 16.0. The molecule has 0 amide bonds. The minimum Gasteiger partial charge on any atom is -0.317 e. The molecule has 6 heteroatoms. The van der Waals surface area contributed by atoms with Gasteiger partial charge in [0.05, 0.1) is 11.0 Å². The van der Waals surface area contributed by atoms with Gasteiger partial charge < -0.3 is 5.32 Å². The lowest BCUT2D eigenvalue weighted by Gasteiger charge is -2.21. The number of fused-ring (bicyclic) bond motifs is 2. The molecule has 2 aromatic carbocycles. The van der Waals surface area contributed by atoms with Crippen molar-refractivity contribution in [3.8, 4) is 11.1 Å². The van der Waals surface area contributed by atoms with E-state index in [9.17, 15) is 0 Å². The maximum absolute atomic E-state index is 15.0. The predicted octanol–water partition coefficient (Wildman–Crippen LogP) is 4.10. The molecule has 1 saturated heterocycles. The first kappa shape index (κ1) is 17.3. The summed E-state index contributed by atoms with van der Waals surface area (Å²) in [5.41, 5.74) is 4.07. The molecule has 0 aliphatic carbocycles. The summed E-state index contributed by atoms with van der Waals surface area (Å²) in [5.74, 6) is 0.919. The van der Waals surface area contributed by atoms with Crippen molar-refractivity contribution in [3.05, 3.63) is 53.9 Å². The highest BCUT2D eigenvalue weighted by Crippen LogP contribution is 2.32. The van der Waals surface area contributed by atoms with E-state index in [1.165, 1.54) is 0 Å². The van der Waals surface area contributed by atoms with Gasteiger partial charge in [-0.1, -0.05) is 0 Å². The summed E-state index contributed by atoms with van der Waals surface area (Å²) >= 11 is 0. The van der Waals surface area contributed by atoms with Gasteiger partial charge in [0.1, 0.15) is 11.6 Å². The van der Waals surface area contributed by atoms with Crippen molar-refractivity contribution in [1.29, 1.82) is 0 Å². The van der Waals surface area contributed by atoms with E-state index >= 15 is 4.39 Å². The topological polar surface area (TPSA) is 55.6 Å². The standard InChI is InChI=1S/C22H22FN5/c1-13-7-15(8-17-12-28(2)27-21(13)17)18-9-16-11-25-22(14-3-5-24-6-4-14)26-20(16)10-19(18)23/h7-12,14,24H,3-6H2,1-2H3. The molecule has 0 unspecified atom stereocenters. The Morgan fingerprint density at radius 2 is 1.93 bits per heavy atom. The zero-order valence-electron chi connectivity index (χ0n) is 16.0. The summed E-state index contributed by atoms with van der Waals surface area (Å²) in [7, 11) is 1.90. The molecule has 1 N–H and O–H groups in total. The third-order valence-corrected chi connectivity index (χ3v) is 5.62. The highest BCUT2D eigenvalue weighted by Gasteiger charge is 2.19. The van der Waals surface area contributed by atoms with Crippen molar-refractivity contribution in [3.63, 3.8) is 0 Å². The molecule has 5 rings (SSSR count). The van der Waals surface area contributed by atoms with Crippen molar-refractivity contribution in [2.45, 2.75) is 25.7 Å². The fourth-order valence-corrected chi connectivity index (χ4v) is 4.15. The van der Waals surface area contributed by atoms with Crippen LogP contribution in [0.1, 0.15) is 30.1 Å². The van der Waals surface area contributed by atoms with E-state index in [0.717, 1.165) is 59.2 Å². The van der Waals surface area contributed by atoms with Gasteiger partial charge in [0.2, 0.25) is 0 Å². The second-order valence-electron chi connectivity index (χ2n) is 7.68. The molecule has 28 heavy (non-hydrogen) atoms. The molecule has 1 aliphatic rings. The molecule has 0 spiro atoms. The lowest BCUT2D eigenvalue weighted by atomic mass is 9.96. The van der Waals surface area contributed by atoms with Gasteiger partial charge in [-0.25, -0.2) is 14.4 Å². The van der Waals surface area contributed by atoms with E-state index in [1.807, 2.05) is 44.6 Å². The molecule has 1 aliphatic heterocycles. The molecule has 0 bridgehead atoms. The number of rotatable bonds is 2. The maximum atomic E-state index is 15.0. The first-order valence-electron chi connectivity index (χ1n) is 9.70. The number of aromatic nitrogens is 4. The number of nitrogens with one attached hydrogen (secondary N) is 1. The van der Waals surface area contributed by atoms with Gasteiger partial charge in [-0.2, -0.15) is 5.10 Å². The Kier molecular flexibility index (Phi) is 4.09. The Labute approximate surface area is 162 Å². The first-order valence-corrected chi connectivity index (χ1v) is 9.70. The summed E-state index contributed by atoms with van der Waals surface area (Å²) in [6, 6.07) is 7.38. The van der Waals surface area contributed by atoms with Crippen LogP contribution in [0.5, 0.6) is 0 Å². The molecule has 0 saturated carbocycles. The highest BCUT2D eigenvalue weighted by atomic mass is 19.1. The van der Waals surface area contributed by atoms with Crippen LogP contribution in [0.4, 0.5) is 4.39 Å². The first-order chi connectivity index (χ1) is 13.6. The average molecular weight is 375 g/mol. The molecular formula is C22H22FN5. The number of benzene rings is 2. The Balaban J connectivity index is 1.59. The molecule has 5 nitrogen and oxygen atoms in total. The summed E-state index contributed by atoms with van der Waals surface area (Å²) in [5, 5.41) is 9.69. The van der Waals surface area contributed by atoms with Crippen LogP contribution in [0.25, 0.3) is 32.9 Å². The molecule has 142 valence electrons. The quantitative estimate of drug-likeness (QED) is 0.573. The van der Waals surface area contributed by atoms with Crippen LogP contribution in [-0.2, 0) is 7.05 Å². The van der Waals surface area contributed by atoms with Crippen molar-refractivity contribution < 1.29 is 4.39 Å². The number of aryl methyl sites for hydroxylation is 2. The van der Waals surface area contributed by atoms with Crippen LogP contribution in [-0.4, -0.2) is 32.8 Å². The van der Waals surface area contributed by atoms with E-state index in [0.29, 0.717) is 17.0 Å². The van der Waals surface area contributed by atoms with E-state index in [1.54, 1.807) is 10.7 Å². The SMILES string of the molecule is Cc1cc(-c2cc3cnc(C4CCNCC4)nc3cc2F)cc2cn(C)nc12. The molecule has 4 aromatic rings. The summed E-state index contributed by atoms with van der Waals surface area (Å²) < 4.78 is 16.8. The summed E-state index contributed by atoms with van der Waals surface area (Å²) in [4.78, 5) is 9.26. The summed E-state index contributed by atoms with van der Waals surface area (Å²) in [6.07, 6.45) is 5.84. The fourth-order valence-electron chi connectivity index (χ4n) is 4.15. The summed E-state index contributed by atoms with van der Waals surface area (Å²) in [6.45, 7) is 3.97. The second-order valence-corrected chi connectivity index (χ2v) is 7.68. The largest absolute Gasteiger partial charge is 0.317 e. The molecule has 2 aromatic heterocycles. The Hall–Kier alpha value is -2.86. The normalized spacial score (nSPS) is 15.5. The van der Waals surface area contributed by atoms with Crippen molar-refractivity contribution in [2.75, 3.05) is 13.1 Å². The van der Waals surface area contributed by atoms with Crippen LogP contribution in [0.15, 0.2) is 36.7 Å². The average Bonchev–Trinajstić information content (AvgIpc) is 3.08. The van der Waals surface area contributed by atoms with E-state index in [-0.39, 0.29) is 5.82 Å². The van der Waals surface area contributed by atoms with E-state index in [2.05, 4.69) is 20.4 Å². The minimum atomic E-state index is -0.259. The van der Waals surface area contributed by atoms with Crippen LogP contribution in [0, 0.1) is 12.7 Å². The van der Waals surface area contributed by atoms with Crippen LogP contribution in [0.3, 0.4) is 0 Å². The molecule has 3 heterocycles. The number of halogens is 1. The van der Waals surface area contributed by atoms with E-state index < -0.39 is 0 Å². The molecular weight excluding hydrogens is 353 g/mol. The van der Waals surface area contributed by atoms with Gasteiger partial charge in [0.15, 0.2) is 0 Å². The van der Waals surface area contributed by atoms with Crippen molar-refractivity contribution >= 4 is 21.8 Å². The van der Waals surface area contributed by atoms with E-state index in [4.69, 9.17) is 0 Å². The Morgan fingerprint density at radius 3 is 2.75 bits per heavy atom. The Bertz CT molecular complexity index is 1190. The van der Waals surface area contributed by atoms with Gasteiger partial charge >= 0.3 is 0 Å². The number of hydrogen-bond acceptors (Lipinski definition) is 4. The fraction of sp³-hybridized carbons (Fsp3) is 0.318. The van der Waals surface area contributed by atoms with Crippen LogP contribution < -0.4 is 5.32 Å². The lowest BCUT2D eigenvalue weighted by Crippen LogP contribution is -2.27. The highest BCUT2D eigenvalue weighted by molar-refractivity contribution is 5.90. The number of piperidine rings is 1. The minimum absolute atomic E-state index is 0.259. The second kappa shape index (κ2) is 6.63. The van der Waals surface area contributed by atoms with Gasteiger partial charge in [-0.05, 0) is 62.2 Å². The molecule has 0 radical (unpaired) electrons. The number of hydrogen-bond donors (Lipinski definition) is 1. The number of nitrogens with zero attached hydrogens (tertiary/aromatic N) is 4. The van der Waals surface area contributed by atoms with Crippen molar-refractivity contribution in [1.82, 2.24) is 25.1 Å². The predicted molar refractivity (Wildman–Crippen MR) is 109 cm³/mol. The molecule has 0 atom stereocenters. The van der Waals surface area contributed by atoms with Crippen LogP contribution >= 0.6 is 0 Å². The monoisotopic (exact) mass is 375 g/mol. The zero-order chi connectivity index (χ0) is 19.3. The van der Waals surface area contributed by atoms with Gasteiger partial charge in [-0.15, -0.1) is 0 Å². The smallest absolute Gasteiger partial charge is 0.133 e. The van der Waals surface area contributed by atoms with Gasteiger partial charge in [0.25, 0.3) is 0 Å². The third-order valence-electron chi connectivity index (χ3n) is 5.62. The van der Waals surface area contributed by atoms with Gasteiger partial charge in [-0.3, -0.25) is 4.68 Å². The van der Waals surface area contributed by atoms with Gasteiger partial charge in [0, 0.05) is 47.8 Å². The lowest BCUT2D eigenvalue weighted by molar-refractivity contribution is 0.446. The van der Waals surface area contributed by atoms with Crippen LogP contribution in [0.2, 0.25) is 0 Å².